The first-order valence-corrected chi connectivity index (χ1v) is 29.2. The van der Waals surface area contributed by atoms with Gasteiger partial charge < -0.3 is 46.9 Å². The molecule has 31 heteroatoms. The van der Waals surface area contributed by atoms with Crippen LogP contribution in [-0.4, -0.2) is 129 Å². The average Bonchev–Trinajstić information content (AvgIpc) is 2.07. The lowest BCUT2D eigenvalue weighted by Crippen LogP contribution is -2.29. The summed E-state index contributed by atoms with van der Waals surface area (Å²) in [7, 11) is -10.6. The van der Waals surface area contributed by atoms with Crippen LogP contribution in [0.5, 0.6) is 23.0 Å². The number of hydrogen-bond acceptors (Lipinski definition) is 21. The second kappa shape index (κ2) is 27.8. The van der Waals surface area contributed by atoms with Gasteiger partial charge >= 0.3 is 30.8 Å². The summed E-state index contributed by atoms with van der Waals surface area (Å²) in [5.74, 6) is -3.65. The number of halogens is 5. The Morgan fingerprint density at radius 1 is 0.549 bits per heavy atom. The zero-order chi connectivity index (χ0) is 60.2. The van der Waals surface area contributed by atoms with Crippen molar-refractivity contribution in [2.24, 2.45) is 0 Å². The molecule has 0 radical (unpaired) electrons. The number of phenolic OH excluding ortho intramolecular Hbond substituents is 1. The largest absolute Gasteiger partial charge is 0.523 e. The van der Waals surface area contributed by atoms with Crippen molar-refractivity contribution in [3.63, 3.8) is 0 Å². The summed E-state index contributed by atoms with van der Waals surface area (Å²) in [4.78, 5) is 63.7. The summed E-state index contributed by atoms with van der Waals surface area (Å²) in [5.41, 5.74) is -4.30. The van der Waals surface area contributed by atoms with E-state index in [2.05, 4.69) is 23.2 Å². The second-order valence-corrected chi connectivity index (χ2v) is 22.3. The molecule has 82 heavy (non-hydrogen) atoms. The molecule has 0 saturated heterocycles. The van der Waals surface area contributed by atoms with Crippen LogP contribution in [-0.2, 0) is 64.1 Å². The van der Waals surface area contributed by atoms with Gasteiger partial charge in [-0.3, -0.25) is 52.3 Å². The maximum Gasteiger partial charge on any atom is 0.523 e. The molecule has 2 aromatic heterocycles. The van der Waals surface area contributed by atoms with Crippen molar-refractivity contribution >= 4 is 70.7 Å². The molecule has 8 rings (SSSR count). The molecule has 0 aliphatic carbocycles. The Kier molecular flexibility index (Phi) is 21.8. The van der Waals surface area contributed by atoms with E-state index in [1.165, 1.54) is 89.0 Å². The number of pyridine rings is 2. The number of carbonyl (C=O) groups is 4. The first kappa shape index (κ1) is 64.1. The molecule has 4 aromatic carbocycles. The lowest BCUT2D eigenvalue weighted by Gasteiger charge is -2.20. The van der Waals surface area contributed by atoms with Gasteiger partial charge in [0.2, 0.25) is 0 Å². The Morgan fingerprint density at radius 3 is 1.34 bits per heavy atom. The van der Waals surface area contributed by atoms with Gasteiger partial charge in [0.1, 0.15) is 45.3 Å². The van der Waals surface area contributed by atoms with E-state index < -0.39 is 78.8 Å². The maximum atomic E-state index is 13.7. The number of ether oxygens (including phenoxy) is 5. The molecule has 0 atom stereocenters. The summed E-state index contributed by atoms with van der Waals surface area (Å²) in [6.45, 7) is 5.62. The second-order valence-electron chi connectivity index (χ2n) is 16.7. The van der Waals surface area contributed by atoms with E-state index in [4.69, 9.17) is 32.7 Å². The summed E-state index contributed by atoms with van der Waals surface area (Å²) >= 11 is 0. The molecule has 23 nitrogen and oxygen atoms in total. The van der Waals surface area contributed by atoms with Gasteiger partial charge in [-0.05, 0) is 87.4 Å². The number of amides is 4. The Balaban J connectivity index is 0.000000212. The highest BCUT2D eigenvalue weighted by atomic mass is 32.2. The van der Waals surface area contributed by atoms with Crippen molar-refractivity contribution in [1.82, 2.24) is 19.8 Å². The van der Waals surface area contributed by atoms with Crippen molar-refractivity contribution in [2.45, 2.75) is 46.3 Å². The summed E-state index contributed by atoms with van der Waals surface area (Å²) < 4.78 is 158. The molecule has 442 valence electrons. The molecule has 2 aliphatic rings. The van der Waals surface area contributed by atoms with Gasteiger partial charge in [0.05, 0.1) is 50.6 Å². The molecular weight excluding hydrogens is 1160 g/mol. The van der Waals surface area contributed by atoms with Crippen molar-refractivity contribution in [3.8, 4) is 23.0 Å². The molecule has 0 saturated carbocycles. The van der Waals surface area contributed by atoms with Crippen LogP contribution in [0.1, 0.15) is 80.3 Å². The smallest absolute Gasteiger partial charge is 0.506 e. The lowest BCUT2D eigenvalue weighted by molar-refractivity contribution is -0.0534. The minimum Gasteiger partial charge on any atom is -0.506 e. The summed E-state index contributed by atoms with van der Waals surface area (Å²) in [6, 6.07) is 17.4. The molecule has 6 aromatic rings. The number of imide groups is 2. The maximum absolute atomic E-state index is 13.7. The third-order valence-corrected chi connectivity index (χ3v) is 15.9. The Bertz CT molecular complexity index is 3510. The number of hydrogen-bond donors (Lipinski definition) is 1. The molecule has 4 amide bonds. The minimum atomic E-state index is -5.80. The topological polar surface area (TPSA) is 281 Å². The molecule has 0 unspecified atom stereocenters. The van der Waals surface area contributed by atoms with E-state index in [0.29, 0.717) is 16.5 Å². The van der Waals surface area contributed by atoms with Crippen molar-refractivity contribution in [2.75, 3.05) is 66.9 Å². The molecular formula is C51H53F5N4O19P2S. The highest BCUT2D eigenvalue weighted by molar-refractivity contribution is 7.87. The number of aromatic hydroxyl groups is 1. The SMILES string of the molecule is CCOP(=O)(COS(=O)(=O)C(F)(F)F)OCC.CCOP(=O)(COc1c2c(c(OCOC)c3ncccc13)C(=O)N(Cc1ccc(F)cc1)C2=O)OCC.COCOc1c2c(c(O)c3cccnc13)C(=O)N(Cc1ccc(F)cc1)C2=O. The highest BCUT2D eigenvalue weighted by Crippen LogP contribution is 2.52. The summed E-state index contributed by atoms with van der Waals surface area (Å²) in [6.07, 6.45) is 1.19. The van der Waals surface area contributed by atoms with Crippen LogP contribution in [0, 0.1) is 11.6 Å². The number of carbonyl (C=O) groups excluding carboxylic acids is 4. The Labute approximate surface area is 465 Å². The number of aromatic nitrogens is 2. The van der Waals surface area contributed by atoms with Crippen molar-refractivity contribution in [1.29, 1.82) is 0 Å². The fourth-order valence-corrected chi connectivity index (χ4v) is 11.4. The number of rotatable bonds is 24. The average molecular weight is 1210 g/mol. The summed E-state index contributed by atoms with van der Waals surface area (Å²) in [5, 5.41) is 11.3. The zero-order valence-electron chi connectivity index (χ0n) is 44.4. The molecule has 1 N–H and O–H groups in total. The third-order valence-electron chi connectivity index (χ3n) is 11.3. The predicted octanol–water partition coefficient (Wildman–Crippen LogP) is 9.69. The minimum absolute atomic E-state index is 0.00227. The number of alkyl halides is 3. The van der Waals surface area contributed by atoms with Crippen molar-refractivity contribution < 1.29 is 110 Å². The van der Waals surface area contributed by atoms with E-state index in [9.17, 15) is 63.8 Å². The van der Waals surface area contributed by atoms with Gasteiger partial charge in [0.15, 0.2) is 37.8 Å². The van der Waals surface area contributed by atoms with Gasteiger partial charge in [-0.15, -0.1) is 0 Å². The van der Waals surface area contributed by atoms with Crippen LogP contribution in [0.2, 0.25) is 0 Å². The van der Waals surface area contributed by atoms with Crippen LogP contribution >= 0.6 is 15.2 Å². The zero-order valence-corrected chi connectivity index (χ0v) is 47.0. The molecule has 2 aliphatic heterocycles. The van der Waals surface area contributed by atoms with Gasteiger partial charge in [-0.1, -0.05) is 24.3 Å². The van der Waals surface area contributed by atoms with Crippen LogP contribution in [0.3, 0.4) is 0 Å². The fraction of sp³-hybridized carbons (Fsp3) is 0.333. The first-order chi connectivity index (χ1) is 38.9. The van der Waals surface area contributed by atoms with E-state index in [-0.39, 0.29) is 115 Å². The standard InChI is InChI=1S/C25H26FN2O8P.C20H15FN2O5.C6H12F3O6PS/c1-4-35-37(31,36-5-2)15-34-22-18-7-6-12-27-21(18)23(33-14-32-3)20-19(22)24(29)28(25(20)30)13-16-8-10-17(26)11-9-16;1-27-10-28-18-15-14(17(24)13-3-2-8-22-16(13)18)19(25)23(20(15)26)9-11-4-6-12(21)7-5-11;1-3-13-16(10,14-4-2)5-15-17(11,12)6(7,8)9/h6-12H,4-5,13-15H2,1-3H3;2-8,24H,9-10H2,1H3;3-5H2,1-2H3. The van der Waals surface area contributed by atoms with Gasteiger partial charge in [0, 0.05) is 37.4 Å². The monoisotopic (exact) mass is 1210 g/mol. The molecule has 0 spiro atoms. The van der Waals surface area contributed by atoms with Crippen molar-refractivity contribution in [3.05, 3.63) is 130 Å². The predicted molar refractivity (Wildman–Crippen MR) is 280 cm³/mol. The molecule has 4 heterocycles. The number of fused-ring (bicyclic) bond motifs is 4. The van der Waals surface area contributed by atoms with Crippen LogP contribution in [0.15, 0.2) is 85.2 Å². The quantitative estimate of drug-likeness (QED) is 0.0147. The highest BCUT2D eigenvalue weighted by Gasteiger charge is 2.49. The van der Waals surface area contributed by atoms with Crippen LogP contribution in [0.4, 0.5) is 22.0 Å². The number of methoxy groups -OCH3 is 2. The van der Waals surface area contributed by atoms with Crippen LogP contribution in [0.25, 0.3) is 21.8 Å². The lowest BCUT2D eigenvalue weighted by atomic mass is 10.0. The van der Waals surface area contributed by atoms with Gasteiger partial charge in [-0.2, -0.15) is 21.6 Å². The first-order valence-electron chi connectivity index (χ1n) is 24.3. The third kappa shape index (κ3) is 14.6. The Hall–Kier alpha value is -7.04. The number of benzene rings is 4. The van der Waals surface area contributed by atoms with Gasteiger partial charge in [0.25, 0.3) is 23.6 Å². The van der Waals surface area contributed by atoms with E-state index in [1.54, 1.807) is 38.1 Å². The van der Waals surface area contributed by atoms with E-state index in [1.807, 2.05) is 0 Å². The number of phenols is 1. The Morgan fingerprint density at radius 2 is 0.927 bits per heavy atom. The van der Waals surface area contributed by atoms with Crippen LogP contribution < -0.4 is 14.2 Å². The fourth-order valence-electron chi connectivity index (χ4n) is 7.91. The molecule has 0 bridgehead atoms. The van der Waals surface area contributed by atoms with E-state index >= 15 is 0 Å². The normalized spacial score (nSPS) is 13.5. The van der Waals surface area contributed by atoms with Gasteiger partial charge in [-0.25, -0.2) is 8.78 Å². The van der Waals surface area contributed by atoms with E-state index in [0.717, 1.165) is 9.80 Å². The molecule has 0 fully saturated rings. The number of nitrogens with zero attached hydrogens (tertiary/aromatic N) is 4.